The topological polar surface area (TPSA) is 3.24 Å². The minimum Gasteiger partial charge on any atom is -0.247 e. The van der Waals surface area contributed by atoms with Gasteiger partial charge in [0.1, 0.15) is 0 Å². The summed E-state index contributed by atoms with van der Waals surface area (Å²) in [6.07, 6.45) is 0. The second-order valence-electron chi connectivity index (χ2n) is 6.66. The number of benzene rings is 3. The van der Waals surface area contributed by atoms with Crippen LogP contribution in [0.3, 0.4) is 0 Å². The van der Waals surface area contributed by atoms with Crippen molar-refractivity contribution in [2.24, 2.45) is 0 Å². The Hall–Kier alpha value is -1.68. The molecule has 1 aliphatic heterocycles. The standard InChI is InChI=1S/C23H23NS2/c25-24-16-17-26-18-22(24)23(19-10-4-1-5-11-19,20-12-6-2-7-13-20)21-14-8-3-9-15-21/h1-15,22,25H,16-18H2. The van der Waals surface area contributed by atoms with Gasteiger partial charge in [-0.3, -0.25) is 0 Å². The van der Waals surface area contributed by atoms with E-state index in [4.69, 9.17) is 12.8 Å². The summed E-state index contributed by atoms with van der Waals surface area (Å²) in [7, 11) is 0. The molecule has 4 rings (SSSR count). The lowest BCUT2D eigenvalue weighted by atomic mass is 9.65. The lowest BCUT2D eigenvalue weighted by Gasteiger charge is -2.47. The van der Waals surface area contributed by atoms with Crippen LogP contribution >= 0.6 is 24.6 Å². The highest BCUT2D eigenvalue weighted by Crippen LogP contribution is 2.46. The van der Waals surface area contributed by atoms with Crippen molar-refractivity contribution >= 4 is 24.6 Å². The summed E-state index contributed by atoms with van der Waals surface area (Å²) in [4.78, 5) is 0. The van der Waals surface area contributed by atoms with Crippen molar-refractivity contribution in [2.75, 3.05) is 18.1 Å². The number of thiol groups is 1. The number of hydrogen-bond acceptors (Lipinski definition) is 3. The van der Waals surface area contributed by atoms with E-state index in [1.165, 1.54) is 16.7 Å². The predicted octanol–water partition coefficient (Wildman–Crippen LogP) is 5.28. The molecule has 3 aromatic rings. The summed E-state index contributed by atoms with van der Waals surface area (Å²) in [5.41, 5.74) is 3.72. The maximum Gasteiger partial charge on any atom is 0.0623 e. The van der Waals surface area contributed by atoms with Crippen molar-refractivity contribution in [3.05, 3.63) is 108 Å². The molecule has 0 radical (unpaired) electrons. The Bertz CT molecular complexity index is 724. The van der Waals surface area contributed by atoms with Crippen LogP contribution in [0, 0.1) is 0 Å². The maximum atomic E-state index is 4.92. The molecule has 0 aromatic heterocycles. The largest absolute Gasteiger partial charge is 0.247 e. The molecule has 1 aliphatic rings. The van der Waals surface area contributed by atoms with Crippen molar-refractivity contribution in [3.8, 4) is 0 Å². The monoisotopic (exact) mass is 377 g/mol. The third-order valence-electron chi connectivity index (χ3n) is 5.29. The maximum absolute atomic E-state index is 4.92. The number of hydrogen-bond donors (Lipinski definition) is 1. The zero-order valence-corrected chi connectivity index (χ0v) is 16.4. The lowest BCUT2D eigenvalue weighted by molar-refractivity contribution is 0.306. The van der Waals surface area contributed by atoms with Crippen LogP contribution in [-0.2, 0) is 5.41 Å². The van der Waals surface area contributed by atoms with Crippen molar-refractivity contribution in [1.82, 2.24) is 4.31 Å². The van der Waals surface area contributed by atoms with Gasteiger partial charge in [-0.1, -0.05) is 104 Å². The molecule has 26 heavy (non-hydrogen) atoms. The fourth-order valence-electron chi connectivity index (χ4n) is 4.12. The summed E-state index contributed by atoms with van der Waals surface area (Å²) in [6, 6.07) is 33.0. The van der Waals surface area contributed by atoms with E-state index < -0.39 is 0 Å². The molecule has 1 heterocycles. The minimum absolute atomic E-state index is 0.251. The molecule has 0 N–H and O–H groups in total. The summed E-state index contributed by atoms with van der Waals surface area (Å²) in [6.45, 7) is 0.993. The molecule has 0 bridgehead atoms. The van der Waals surface area contributed by atoms with Gasteiger partial charge in [0, 0.05) is 24.1 Å². The molecule has 1 saturated heterocycles. The molecule has 0 aliphatic carbocycles. The van der Waals surface area contributed by atoms with Crippen LogP contribution in [0.5, 0.6) is 0 Å². The third kappa shape index (κ3) is 3.09. The number of thioether (sulfide) groups is 1. The highest BCUT2D eigenvalue weighted by Gasteiger charge is 2.46. The fourth-order valence-corrected chi connectivity index (χ4v) is 5.87. The molecule has 1 atom stereocenters. The normalized spacial score (nSPS) is 18.6. The number of nitrogens with zero attached hydrogens (tertiary/aromatic N) is 1. The van der Waals surface area contributed by atoms with E-state index in [1.807, 2.05) is 11.8 Å². The van der Waals surface area contributed by atoms with Gasteiger partial charge in [0.25, 0.3) is 0 Å². The lowest BCUT2D eigenvalue weighted by Crippen LogP contribution is -2.53. The van der Waals surface area contributed by atoms with Gasteiger partial charge in [0.05, 0.1) is 5.41 Å². The summed E-state index contributed by atoms with van der Waals surface area (Å²) >= 11 is 6.95. The second kappa shape index (κ2) is 7.91. The Morgan fingerprint density at radius 1 is 0.731 bits per heavy atom. The minimum atomic E-state index is -0.251. The zero-order chi connectivity index (χ0) is 17.8. The Balaban J connectivity index is 2.03. The van der Waals surface area contributed by atoms with E-state index >= 15 is 0 Å². The first-order chi connectivity index (χ1) is 12.8. The van der Waals surface area contributed by atoms with Gasteiger partial charge in [-0.05, 0) is 16.7 Å². The molecule has 3 aromatic carbocycles. The van der Waals surface area contributed by atoms with Crippen LogP contribution in [-0.4, -0.2) is 28.4 Å². The summed E-state index contributed by atoms with van der Waals surface area (Å²) in [5, 5.41) is 0. The Morgan fingerprint density at radius 2 is 1.15 bits per heavy atom. The number of rotatable bonds is 4. The molecule has 0 saturated carbocycles. The van der Waals surface area contributed by atoms with E-state index in [-0.39, 0.29) is 11.5 Å². The van der Waals surface area contributed by atoms with Gasteiger partial charge in [0.2, 0.25) is 0 Å². The van der Waals surface area contributed by atoms with Crippen LogP contribution in [0.15, 0.2) is 91.0 Å². The smallest absolute Gasteiger partial charge is 0.0623 e. The average Bonchev–Trinajstić information content (AvgIpc) is 2.72. The molecule has 0 amide bonds. The highest BCUT2D eigenvalue weighted by molar-refractivity contribution is 7.99. The van der Waals surface area contributed by atoms with Crippen LogP contribution < -0.4 is 0 Å². The Labute approximate surface area is 166 Å². The summed E-state index contributed by atoms with van der Waals surface area (Å²) < 4.78 is 2.25. The molecule has 1 unspecified atom stereocenters. The third-order valence-corrected chi connectivity index (χ3v) is 6.79. The van der Waals surface area contributed by atoms with E-state index in [1.54, 1.807) is 0 Å². The van der Waals surface area contributed by atoms with Crippen LogP contribution in [0.4, 0.5) is 0 Å². The Morgan fingerprint density at radius 3 is 1.54 bits per heavy atom. The first-order valence-corrected chi connectivity index (χ1v) is 10.6. The van der Waals surface area contributed by atoms with Crippen molar-refractivity contribution in [1.29, 1.82) is 0 Å². The quantitative estimate of drug-likeness (QED) is 0.486. The van der Waals surface area contributed by atoms with Gasteiger partial charge in [-0.25, -0.2) is 4.31 Å². The highest BCUT2D eigenvalue weighted by atomic mass is 32.2. The van der Waals surface area contributed by atoms with Gasteiger partial charge >= 0.3 is 0 Å². The molecule has 132 valence electrons. The molecule has 0 spiro atoms. The predicted molar refractivity (Wildman–Crippen MR) is 116 cm³/mol. The van der Waals surface area contributed by atoms with Crippen molar-refractivity contribution < 1.29 is 0 Å². The van der Waals surface area contributed by atoms with Gasteiger partial charge in [-0.15, -0.1) is 0 Å². The van der Waals surface area contributed by atoms with E-state index in [0.29, 0.717) is 0 Å². The fraction of sp³-hybridized carbons (Fsp3) is 0.217. The van der Waals surface area contributed by atoms with Crippen LogP contribution in [0.25, 0.3) is 0 Å². The first-order valence-electron chi connectivity index (χ1n) is 9.03. The summed E-state index contributed by atoms with van der Waals surface area (Å²) in [5.74, 6) is 2.19. The van der Waals surface area contributed by atoms with E-state index in [9.17, 15) is 0 Å². The molecule has 1 nitrogen and oxygen atoms in total. The van der Waals surface area contributed by atoms with Crippen molar-refractivity contribution in [3.63, 3.8) is 0 Å². The first kappa shape index (κ1) is 17.7. The van der Waals surface area contributed by atoms with Gasteiger partial charge in [-0.2, -0.15) is 11.8 Å². The average molecular weight is 378 g/mol. The van der Waals surface area contributed by atoms with Gasteiger partial charge < -0.3 is 0 Å². The van der Waals surface area contributed by atoms with E-state index in [0.717, 1.165) is 18.1 Å². The van der Waals surface area contributed by atoms with Crippen LogP contribution in [0.1, 0.15) is 16.7 Å². The second-order valence-corrected chi connectivity index (χ2v) is 8.32. The van der Waals surface area contributed by atoms with Crippen LogP contribution in [0.2, 0.25) is 0 Å². The molecular weight excluding hydrogens is 354 g/mol. The molecular formula is C23H23NS2. The van der Waals surface area contributed by atoms with Crippen molar-refractivity contribution in [2.45, 2.75) is 11.5 Å². The zero-order valence-electron chi connectivity index (χ0n) is 14.7. The Kier molecular flexibility index (Phi) is 5.39. The van der Waals surface area contributed by atoms with E-state index in [2.05, 4.69) is 95.3 Å². The molecule has 3 heteroatoms. The molecule has 1 fully saturated rings. The van der Waals surface area contributed by atoms with Gasteiger partial charge in [0.15, 0.2) is 0 Å². The SMILES string of the molecule is SN1CCSCC1C(c1ccccc1)(c1ccccc1)c1ccccc1.